The fraction of sp³-hybridized carbons (Fsp3) is 0.235. The highest BCUT2D eigenvalue weighted by atomic mass is 35.5. The van der Waals surface area contributed by atoms with Gasteiger partial charge in [-0.15, -0.1) is 0 Å². The molecule has 5 aromatic rings. The molecule has 0 fully saturated rings. The van der Waals surface area contributed by atoms with Gasteiger partial charge < -0.3 is 14.6 Å². The summed E-state index contributed by atoms with van der Waals surface area (Å²) in [7, 11) is 0. The van der Waals surface area contributed by atoms with Gasteiger partial charge in [-0.1, -0.05) is 78.3 Å². The van der Waals surface area contributed by atoms with E-state index in [2.05, 4.69) is 40.2 Å². The van der Waals surface area contributed by atoms with Crippen molar-refractivity contribution in [3.63, 3.8) is 0 Å². The van der Waals surface area contributed by atoms with Crippen molar-refractivity contribution in [2.45, 2.75) is 45.7 Å². The number of nitrogens with one attached hydrogen (secondary N) is 1. The molecule has 0 saturated heterocycles. The van der Waals surface area contributed by atoms with Crippen molar-refractivity contribution in [2.75, 3.05) is 6.61 Å². The molecular formula is C34H34ClN3O2. The lowest BCUT2D eigenvalue weighted by Gasteiger charge is -2.17. The minimum atomic E-state index is -0.225. The second-order valence-electron chi connectivity index (χ2n) is 10.1. The van der Waals surface area contributed by atoms with Crippen molar-refractivity contribution >= 4 is 28.5 Å². The number of nitrogens with zero attached hydrogens (tertiary/aromatic N) is 2. The second-order valence-corrected chi connectivity index (χ2v) is 10.5. The number of carbonyl (C=O) groups is 1. The smallest absolute Gasteiger partial charge is 0.224 e. The summed E-state index contributed by atoms with van der Waals surface area (Å²) in [6.07, 6.45) is 2.14. The second kappa shape index (κ2) is 12.8. The third-order valence-electron chi connectivity index (χ3n) is 7.05. The molecule has 0 radical (unpaired) electrons. The van der Waals surface area contributed by atoms with Gasteiger partial charge in [0.25, 0.3) is 0 Å². The van der Waals surface area contributed by atoms with Crippen molar-refractivity contribution in [2.24, 2.45) is 0 Å². The predicted octanol–water partition coefficient (Wildman–Crippen LogP) is 7.94. The molecule has 1 unspecified atom stereocenters. The van der Waals surface area contributed by atoms with Crippen LogP contribution in [0.25, 0.3) is 22.2 Å². The first-order chi connectivity index (χ1) is 19.5. The molecule has 0 bridgehead atoms. The Morgan fingerprint density at radius 3 is 2.42 bits per heavy atom. The molecule has 5 rings (SSSR count). The van der Waals surface area contributed by atoms with Gasteiger partial charge in [-0.25, -0.2) is 4.98 Å². The molecule has 40 heavy (non-hydrogen) atoms. The average Bonchev–Trinajstić information content (AvgIpc) is 3.34. The first kappa shape index (κ1) is 27.5. The fourth-order valence-corrected chi connectivity index (χ4v) is 5.03. The van der Waals surface area contributed by atoms with Gasteiger partial charge in [-0.2, -0.15) is 0 Å². The topological polar surface area (TPSA) is 56.1 Å². The van der Waals surface area contributed by atoms with Gasteiger partial charge in [0, 0.05) is 11.6 Å². The normalized spacial score (nSPS) is 11.9. The molecule has 0 aliphatic rings. The van der Waals surface area contributed by atoms with Crippen LogP contribution in [-0.4, -0.2) is 22.1 Å². The Morgan fingerprint density at radius 2 is 1.65 bits per heavy atom. The minimum Gasteiger partial charge on any atom is -0.494 e. The third-order valence-corrected chi connectivity index (χ3v) is 7.47. The highest BCUT2D eigenvalue weighted by Crippen LogP contribution is 2.24. The summed E-state index contributed by atoms with van der Waals surface area (Å²) in [5.41, 5.74) is 6.30. The average molecular weight is 552 g/mol. The number of halogens is 1. The number of rotatable bonds is 11. The van der Waals surface area contributed by atoms with E-state index in [0.717, 1.165) is 69.3 Å². The van der Waals surface area contributed by atoms with Gasteiger partial charge in [0.15, 0.2) is 0 Å². The molecule has 6 heteroatoms. The fourth-order valence-electron chi connectivity index (χ4n) is 4.92. The number of hydrogen-bond donors (Lipinski definition) is 1. The number of fused-ring (bicyclic) bond motifs is 1. The molecule has 1 amide bonds. The highest BCUT2D eigenvalue weighted by molar-refractivity contribution is 6.31. The lowest BCUT2D eigenvalue weighted by molar-refractivity contribution is -0.121. The van der Waals surface area contributed by atoms with Gasteiger partial charge in [-0.3, -0.25) is 4.79 Å². The zero-order chi connectivity index (χ0) is 27.9. The monoisotopic (exact) mass is 551 g/mol. The first-order valence-corrected chi connectivity index (χ1v) is 14.1. The van der Waals surface area contributed by atoms with Crippen molar-refractivity contribution in [3.05, 3.63) is 119 Å². The Hall–Kier alpha value is -4.09. The Labute approximate surface area is 240 Å². The van der Waals surface area contributed by atoms with Crippen LogP contribution in [0.15, 0.2) is 97.1 Å². The first-order valence-electron chi connectivity index (χ1n) is 13.8. The summed E-state index contributed by atoms with van der Waals surface area (Å²) in [6.45, 7) is 5.39. The molecule has 0 saturated carbocycles. The van der Waals surface area contributed by atoms with Crippen LogP contribution in [-0.2, 0) is 17.8 Å². The van der Waals surface area contributed by atoms with Gasteiger partial charge >= 0.3 is 0 Å². The van der Waals surface area contributed by atoms with Crippen molar-refractivity contribution < 1.29 is 9.53 Å². The van der Waals surface area contributed by atoms with Gasteiger partial charge in [0.2, 0.25) is 5.91 Å². The zero-order valence-electron chi connectivity index (χ0n) is 22.9. The minimum absolute atomic E-state index is 0.0229. The van der Waals surface area contributed by atoms with Crippen LogP contribution in [0.2, 0.25) is 5.02 Å². The molecule has 4 aromatic carbocycles. The van der Waals surface area contributed by atoms with E-state index in [-0.39, 0.29) is 11.9 Å². The lowest BCUT2D eigenvalue weighted by Crippen LogP contribution is -2.30. The number of ether oxygens (including phenoxy) is 1. The summed E-state index contributed by atoms with van der Waals surface area (Å²) in [5.74, 6) is 1.68. The number of carbonyl (C=O) groups excluding carboxylic acids is 1. The molecule has 1 N–H and O–H groups in total. The van der Waals surface area contributed by atoms with E-state index in [1.54, 1.807) is 0 Å². The van der Waals surface area contributed by atoms with Crippen LogP contribution in [0.1, 0.15) is 42.8 Å². The largest absolute Gasteiger partial charge is 0.494 e. The van der Waals surface area contributed by atoms with E-state index in [4.69, 9.17) is 21.3 Å². The molecule has 0 aliphatic carbocycles. The quantitative estimate of drug-likeness (QED) is 0.169. The van der Waals surface area contributed by atoms with E-state index in [0.29, 0.717) is 13.0 Å². The number of hydrogen-bond acceptors (Lipinski definition) is 3. The standard InChI is InChI=1S/C34H34ClN3O2/c1-24-22-29(18-19-30(24)35)40-21-9-8-20-38-32-13-7-6-12-31(32)37-34(38)25(2)36-33(39)23-26-14-16-28(17-15-26)27-10-4-3-5-11-27/h3-7,10-19,22,25H,8-9,20-21,23H2,1-2H3,(H,36,39). The predicted molar refractivity (Wildman–Crippen MR) is 163 cm³/mol. The van der Waals surface area contributed by atoms with Crippen molar-refractivity contribution in [3.8, 4) is 16.9 Å². The summed E-state index contributed by atoms with van der Waals surface area (Å²) < 4.78 is 8.15. The number of unbranched alkanes of at least 4 members (excludes halogenated alkanes) is 1. The maximum Gasteiger partial charge on any atom is 0.224 e. The molecule has 1 aromatic heterocycles. The van der Waals surface area contributed by atoms with Crippen LogP contribution in [0, 0.1) is 6.92 Å². The zero-order valence-corrected chi connectivity index (χ0v) is 23.7. The van der Waals surface area contributed by atoms with E-state index in [9.17, 15) is 4.79 Å². The molecule has 1 atom stereocenters. The highest BCUT2D eigenvalue weighted by Gasteiger charge is 2.18. The van der Waals surface area contributed by atoms with E-state index >= 15 is 0 Å². The molecular weight excluding hydrogens is 518 g/mol. The number of para-hydroxylation sites is 2. The number of imidazole rings is 1. The lowest BCUT2D eigenvalue weighted by atomic mass is 10.0. The summed E-state index contributed by atoms with van der Waals surface area (Å²) in [4.78, 5) is 17.9. The molecule has 204 valence electrons. The Bertz CT molecular complexity index is 1580. The summed E-state index contributed by atoms with van der Waals surface area (Å²) in [6, 6.07) is 32.1. The Morgan fingerprint density at radius 1 is 0.925 bits per heavy atom. The van der Waals surface area contributed by atoms with Crippen LogP contribution < -0.4 is 10.1 Å². The van der Waals surface area contributed by atoms with Gasteiger partial charge in [0.05, 0.1) is 30.1 Å². The molecule has 1 heterocycles. The number of amides is 1. The van der Waals surface area contributed by atoms with Crippen LogP contribution >= 0.6 is 11.6 Å². The van der Waals surface area contributed by atoms with E-state index in [1.165, 1.54) is 0 Å². The number of benzene rings is 4. The molecule has 5 nitrogen and oxygen atoms in total. The Balaban J connectivity index is 1.19. The third kappa shape index (κ3) is 6.72. The molecule has 0 aliphatic heterocycles. The van der Waals surface area contributed by atoms with Crippen LogP contribution in [0.3, 0.4) is 0 Å². The van der Waals surface area contributed by atoms with Gasteiger partial charge in [0.1, 0.15) is 11.6 Å². The number of aromatic nitrogens is 2. The Kier molecular flexibility index (Phi) is 8.82. The van der Waals surface area contributed by atoms with E-state index in [1.807, 2.05) is 80.6 Å². The van der Waals surface area contributed by atoms with Crippen molar-refractivity contribution in [1.29, 1.82) is 0 Å². The van der Waals surface area contributed by atoms with Gasteiger partial charge in [-0.05, 0) is 79.3 Å². The summed E-state index contributed by atoms with van der Waals surface area (Å²) >= 11 is 6.12. The maximum atomic E-state index is 13.0. The summed E-state index contributed by atoms with van der Waals surface area (Å²) in [5, 5.41) is 3.91. The number of aryl methyl sites for hydroxylation is 2. The van der Waals surface area contributed by atoms with Crippen molar-refractivity contribution in [1.82, 2.24) is 14.9 Å². The maximum absolute atomic E-state index is 13.0. The SMILES string of the molecule is Cc1cc(OCCCCn2c(C(C)NC(=O)Cc3ccc(-c4ccccc4)cc3)nc3ccccc32)ccc1Cl. The molecule has 0 spiro atoms. The van der Waals surface area contributed by atoms with Crippen LogP contribution in [0.5, 0.6) is 5.75 Å². The van der Waals surface area contributed by atoms with E-state index < -0.39 is 0 Å². The van der Waals surface area contributed by atoms with Crippen LogP contribution in [0.4, 0.5) is 0 Å².